The molecule has 1 N–H and O–H groups in total. The monoisotopic (exact) mass is 398 g/mol. The van der Waals surface area contributed by atoms with Gasteiger partial charge < -0.3 is 14.8 Å². The van der Waals surface area contributed by atoms with Crippen LogP contribution in [-0.4, -0.2) is 18.0 Å². The zero-order valence-corrected chi connectivity index (χ0v) is 16.7. The van der Waals surface area contributed by atoms with Crippen LogP contribution in [0.2, 0.25) is 0 Å². The summed E-state index contributed by atoms with van der Waals surface area (Å²) in [5.41, 5.74) is 2.60. The molecule has 4 aromatic rings. The number of pyridine rings is 1. The Morgan fingerprint density at radius 1 is 0.967 bits per heavy atom. The van der Waals surface area contributed by atoms with Crippen molar-refractivity contribution in [3.05, 3.63) is 96.3 Å². The zero-order valence-electron chi connectivity index (χ0n) is 16.7. The topological polar surface area (TPSA) is 60.5 Å². The number of amides is 1. The maximum atomic E-state index is 12.7. The molecule has 0 aliphatic heterocycles. The lowest BCUT2D eigenvalue weighted by atomic mass is 10.0. The number of nitrogens with one attached hydrogen (secondary N) is 1. The number of rotatable bonds is 7. The van der Waals surface area contributed by atoms with Gasteiger partial charge in [0.2, 0.25) is 5.91 Å². The van der Waals surface area contributed by atoms with Gasteiger partial charge in [-0.1, -0.05) is 48.5 Å². The Morgan fingerprint density at radius 3 is 2.67 bits per heavy atom. The predicted molar refractivity (Wildman–Crippen MR) is 118 cm³/mol. The van der Waals surface area contributed by atoms with Crippen molar-refractivity contribution in [3.63, 3.8) is 0 Å². The standard InChI is InChI=1S/C25H22N2O3/c1-29-23-12-11-21(15-24(23)30-17-18-6-5-13-26-16-18)27-25(28)14-20-9-4-8-19-7-2-3-10-22(19)20/h2-13,15-16H,14,17H2,1H3,(H,27,28). The van der Waals surface area contributed by atoms with Crippen molar-refractivity contribution in [1.82, 2.24) is 4.98 Å². The van der Waals surface area contributed by atoms with Gasteiger partial charge in [-0.25, -0.2) is 0 Å². The molecule has 150 valence electrons. The normalized spacial score (nSPS) is 10.6. The minimum absolute atomic E-state index is 0.0882. The van der Waals surface area contributed by atoms with Crippen molar-refractivity contribution in [1.29, 1.82) is 0 Å². The van der Waals surface area contributed by atoms with Crippen molar-refractivity contribution in [2.45, 2.75) is 13.0 Å². The summed E-state index contributed by atoms with van der Waals surface area (Å²) in [7, 11) is 1.59. The van der Waals surface area contributed by atoms with E-state index in [1.807, 2.05) is 54.6 Å². The van der Waals surface area contributed by atoms with E-state index < -0.39 is 0 Å². The van der Waals surface area contributed by atoms with E-state index in [0.717, 1.165) is 21.9 Å². The van der Waals surface area contributed by atoms with Gasteiger partial charge in [-0.15, -0.1) is 0 Å². The number of anilines is 1. The summed E-state index contributed by atoms with van der Waals surface area (Å²) >= 11 is 0. The highest BCUT2D eigenvalue weighted by molar-refractivity contribution is 5.96. The van der Waals surface area contributed by atoms with Gasteiger partial charge in [0.15, 0.2) is 11.5 Å². The summed E-state index contributed by atoms with van der Waals surface area (Å²) in [5, 5.41) is 5.17. The number of ether oxygens (including phenoxy) is 2. The quantitative estimate of drug-likeness (QED) is 0.476. The molecule has 0 aliphatic carbocycles. The van der Waals surface area contributed by atoms with Crippen LogP contribution in [0.4, 0.5) is 5.69 Å². The Kier molecular flexibility index (Phi) is 5.90. The molecule has 0 atom stereocenters. The number of methoxy groups -OCH3 is 1. The molecule has 5 nitrogen and oxygen atoms in total. The maximum absolute atomic E-state index is 12.7. The molecule has 0 unspecified atom stereocenters. The molecule has 0 saturated carbocycles. The summed E-state index contributed by atoms with van der Waals surface area (Å²) < 4.78 is 11.3. The highest BCUT2D eigenvalue weighted by Gasteiger charge is 2.11. The smallest absolute Gasteiger partial charge is 0.228 e. The fourth-order valence-corrected chi connectivity index (χ4v) is 3.34. The summed E-state index contributed by atoms with van der Waals surface area (Å²) in [6.07, 6.45) is 3.76. The van der Waals surface area contributed by atoms with Crippen molar-refractivity contribution in [3.8, 4) is 11.5 Å². The molecular formula is C25H22N2O3. The second kappa shape index (κ2) is 9.09. The third-order valence-corrected chi connectivity index (χ3v) is 4.80. The minimum Gasteiger partial charge on any atom is -0.493 e. The maximum Gasteiger partial charge on any atom is 0.228 e. The molecule has 4 rings (SSSR count). The van der Waals surface area contributed by atoms with Gasteiger partial charge in [-0.2, -0.15) is 0 Å². The molecule has 0 saturated heterocycles. The Labute approximate surface area is 175 Å². The first-order valence-corrected chi connectivity index (χ1v) is 9.69. The predicted octanol–water partition coefficient (Wildman–Crippen LogP) is 5.00. The van der Waals surface area contributed by atoms with E-state index in [1.54, 1.807) is 37.7 Å². The lowest BCUT2D eigenvalue weighted by molar-refractivity contribution is -0.115. The number of carbonyl (C=O) groups excluding carboxylic acids is 1. The lowest BCUT2D eigenvalue weighted by Crippen LogP contribution is -2.14. The molecule has 1 aromatic heterocycles. The Morgan fingerprint density at radius 2 is 1.83 bits per heavy atom. The van der Waals surface area contributed by atoms with E-state index in [2.05, 4.69) is 10.3 Å². The fourth-order valence-electron chi connectivity index (χ4n) is 3.34. The summed E-state index contributed by atoms with van der Waals surface area (Å²) in [5.74, 6) is 1.07. The van der Waals surface area contributed by atoms with Crippen LogP contribution in [0.3, 0.4) is 0 Å². The number of aromatic nitrogens is 1. The number of hydrogen-bond donors (Lipinski definition) is 1. The summed E-state index contributed by atoms with van der Waals surface area (Å²) in [6, 6.07) is 23.2. The number of benzene rings is 3. The molecule has 0 aliphatic rings. The van der Waals surface area contributed by atoms with Crippen LogP contribution in [-0.2, 0) is 17.8 Å². The van der Waals surface area contributed by atoms with Crippen LogP contribution in [0.1, 0.15) is 11.1 Å². The van der Waals surface area contributed by atoms with Crippen LogP contribution in [0.25, 0.3) is 10.8 Å². The zero-order chi connectivity index (χ0) is 20.8. The number of fused-ring (bicyclic) bond motifs is 1. The van der Waals surface area contributed by atoms with E-state index in [9.17, 15) is 4.79 Å². The molecule has 0 fully saturated rings. The van der Waals surface area contributed by atoms with Crippen LogP contribution in [0, 0.1) is 0 Å². The second-order valence-electron chi connectivity index (χ2n) is 6.88. The van der Waals surface area contributed by atoms with Crippen molar-refractivity contribution < 1.29 is 14.3 Å². The Hall–Kier alpha value is -3.86. The summed E-state index contributed by atoms with van der Waals surface area (Å²) in [4.78, 5) is 16.8. The van der Waals surface area contributed by atoms with Gasteiger partial charge >= 0.3 is 0 Å². The first-order chi connectivity index (χ1) is 14.7. The number of carbonyl (C=O) groups is 1. The number of nitrogens with zero attached hydrogens (tertiary/aromatic N) is 1. The average Bonchev–Trinajstić information content (AvgIpc) is 2.79. The van der Waals surface area contributed by atoms with Gasteiger partial charge in [0.25, 0.3) is 0 Å². The lowest BCUT2D eigenvalue weighted by Gasteiger charge is -2.13. The van der Waals surface area contributed by atoms with Crippen LogP contribution in [0.15, 0.2) is 85.2 Å². The fraction of sp³-hybridized carbons (Fsp3) is 0.120. The van der Waals surface area contributed by atoms with Crippen LogP contribution in [0.5, 0.6) is 11.5 Å². The second-order valence-corrected chi connectivity index (χ2v) is 6.88. The van der Waals surface area contributed by atoms with E-state index in [1.165, 1.54) is 0 Å². The molecule has 0 bridgehead atoms. The summed E-state index contributed by atoms with van der Waals surface area (Å²) in [6.45, 7) is 0.359. The molecule has 3 aromatic carbocycles. The molecule has 1 heterocycles. The van der Waals surface area contributed by atoms with Crippen molar-refractivity contribution in [2.24, 2.45) is 0 Å². The Bertz CT molecular complexity index is 1150. The van der Waals surface area contributed by atoms with Gasteiger partial charge in [-0.3, -0.25) is 9.78 Å². The highest BCUT2D eigenvalue weighted by Crippen LogP contribution is 2.31. The minimum atomic E-state index is -0.0882. The molecule has 1 amide bonds. The van der Waals surface area contributed by atoms with E-state index in [-0.39, 0.29) is 5.91 Å². The van der Waals surface area contributed by atoms with Gasteiger partial charge in [0.05, 0.1) is 13.5 Å². The molecule has 0 radical (unpaired) electrons. The molecule has 0 spiro atoms. The van der Waals surface area contributed by atoms with Crippen molar-refractivity contribution in [2.75, 3.05) is 12.4 Å². The third-order valence-electron chi connectivity index (χ3n) is 4.80. The number of hydrogen-bond acceptors (Lipinski definition) is 4. The average molecular weight is 398 g/mol. The first kappa shape index (κ1) is 19.5. The Balaban J connectivity index is 1.47. The SMILES string of the molecule is COc1ccc(NC(=O)Cc2cccc3ccccc23)cc1OCc1cccnc1. The van der Waals surface area contributed by atoms with Gasteiger partial charge in [0, 0.05) is 29.7 Å². The highest BCUT2D eigenvalue weighted by atomic mass is 16.5. The molecule has 30 heavy (non-hydrogen) atoms. The van der Waals surface area contributed by atoms with E-state index in [4.69, 9.17) is 9.47 Å². The molecular weight excluding hydrogens is 376 g/mol. The van der Waals surface area contributed by atoms with Gasteiger partial charge in [0.1, 0.15) is 6.61 Å². The van der Waals surface area contributed by atoms with Crippen LogP contribution < -0.4 is 14.8 Å². The van der Waals surface area contributed by atoms with E-state index in [0.29, 0.717) is 30.2 Å². The largest absolute Gasteiger partial charge is 0.493 e. The van der Waals surface area contributed by atoms with Gasteiger partial charge in [-0.05, 0) is 34.5 Å². The van der Waals surface area contributed by atoms with Crippen LogP contribution >= 0.6 is 0 Å². The first-order valence-electron chi connectivity index (χ1n) is 9.69. The van der Waals surface area contributed by atoms with E-state index >= 15 is 0 Å². The molecule has 5 heteroatoms. The third kappa shape index (κ3) is 4.58. The van der Waals surface area contributed by atoms with Crippen molar-refractivity contribution >= 4 is 22.4 Å².